The Balaban J connectivity index is -0.0000000450. The third kappa shape index (κ3) is 1080. The van der Waals surface area contributed by atoms with Crippen LogP contribution in [0, 0.1) is 22.7 Å². The van der Waals surface area contributed by atoms with E-state index in [0.717, 1.165) is 0 Å². The molecule has 0 saturated carbocycles. The second kappa shape index (κ2) is 8.96. The van der Waals surface area contributed by atoms with Crippen molar-refractivity contribution in [3.8, 4) is 0 Å². The van der Waals surface area contributed by atoms with Crippen molar-refractivity contribution in [1.82, 2.24) is 0 Å². The maximum Gasteiger partial charge on any atom is 1.00 e. The zero-order valence-corrected chi connectivity index (χ0v) is 5.67. The summed E-state index contributed by atoms with van der Waals surface area (Å²) < 4.78 is 0. The summed E-state index contributed by atoms with van der Waals surface area (Å²) in [5.74, 6) is 0. The molecule has 0 aliphatic heterocycles. The quantitative estimate of drug-likeness (QED) is 0.143. The Morgan fingerprint density at radius 3 is 1.33 bits per heavy atom. The van der Waals surface area contributed by atoms with Crippen LogP contribution in [-0.4, -0.2) is 5.09 Å². The van der Waals surface area contributed by atoms with E-state index in [1.165, 1.54) is 0 Å². The van der Waals surface area contributed by atoms with Crippen molar-refractivity contribution < 1.29 is 34.6 Å². The summed E-state index contributed by atoms with van der Waals surface area (Å²) in [6.07, 6.45) is 0. The van der Waals surface area contributed by atoms with Gasteiger partial charge >= 0.3 is 29.6 Å². The average molecular weight is 100 g/mol. The third-order valence-electron chi connectivity index (χ3n) is 0. The Bertz CT molecular complexity index is 33.8. The minimum absolute atomic E-state index is 0. The minimum atomic E-state index is -1.75. The second-order valence-corrected chi connectivity index (χ2v) is 0.224. The van der Waals surface area contributed by atoms with Crippen molar-refractivity contribution in [2.45, 2.75) is 0 Å². The van der Waals surface area contributed by atoms with Crippen molar-refractivity contribution in [2.75, 3.05) is 0 Å². The van der Waals surface area contributed by atoms with Gasteiger partial charge in [0.2, 0.25) is 0 Å². The largest absolute Gasteiger partial charge is 1.00 e. The molecule has 4 nitrogen and oxygen atoms in total. The van der Waals surface area contributed by atoms with Gasteiger partial charge in [0.1, 0.15) is 0 Å². The topological polar surface area (TPSA) is 66.2 Å². The summed E-state index contributed by atoms with van der Waals surface area (Å²) in [5, 5.41) is 14.8. The maximum absolute atomic E-state index is 8.25. The van der Waals surface area contributed by atoms with E-state index in [4.69, 9.17) is 15.3 Å². The van der Waals surface area contributed by atoms with Crippen LogP contribution < -0.4 is 29.6 Å². The molecule has 0 aromatic rings. The van der Waals surface area contributed by atoms with E-state index in [0.29, 0.717) is 0 Å². The average Bonchev–Trinajstić information content (AvgIpc) is 0.811. The van der Waals surface area contributed by atoms with Crippen LogP contribution in [-0.2, 0) is 0 Å². The molecular weight excluding hydrogens is 97.0 g/mol. The molecule has 0 unspecified atom stereocenters. The van der Waals surface area contributed by atoms with Gasteiger partial charge in [0, 0.05) is 0 Å². The molecule has 0 amide bonds. The Hall–Kier alpha value is 0.200. The molecule has 0 aromatic carbocycles. The first-order chi connectivity index (χ1) is 1.73. The van der Waals surface area contributed by atoms with Crippen LogP contribution in [0.15, 0.2) is 0 Å². The van der Waals surface area contributed by atoms with Gasteiger partial charge in [-0.15, -0.1) is 0 Å². The first-order valence-electron chi connectivity index (χ1n) is 0.548. The van der Waals surface area contributed by atoms with E-state index in [1.54, 1.807) is 0 Å². The van der Waals surface area contributed by atoms with E-state index in [1.807, 2.05) is 0 Å². The summed E-state index contributed by atoms with van der Waals surface area (Å²) in [4.78, 5) is 8.25. The molecule has 0 N–H and O–H groups in total. The van der Waals surface area contributed by atoms with Gasteiger partial charge in [0.05, 0.1) is 5.09 Å². The SMILES string of the molecule is O=[N+]([O-])[O-].[CH3-].[Na+]. The molecule has 32 valence electrons. The van der Waals surface area contributed by atoms with Crippen LogP contribution in [0.5, 0.6) is 0 Å². The van der Waals surface area contributed by atoms with Crippen molar-refractivity contribution in [3.05, 3.63) is 22.7 Å². The molecule has 0 spiro atoms. The van der Waals surface area contributed by atoms with Gasteiger partial charge in [-0.2, -0.15) is 0 Å². The molecule has 0 heterocycles. The number of nitrogens with zero attached hydrogens (tertiary/aromatic N) is 1. The minimum Gasteiger partial charge on any atom is -0.358 e. The second-order valence-electron chi connectivity index (χ2n) is 0.224. The molecule has 0 atom stereocenters. The van der Waals surface area contributed by atoms with Gasteiger partial charge in [-0.3, -0.25) is 0 Å². The van der Waals surface area contributed by atoms with Crippen molar-refractivity contribution in [3.63, 3.8) is 0 Å². The van der Waals surface area contributed by atoms with Gasteiger partial charge in [-0.25, -0.2) is 0 Å². The summed E-state index contributed by atoms with van der Waals surface area (Å²) in [6, 6.07) is 0. The molecule has 0 aliphatic carbocycles. The molecule has 6 heavy (non-hydrogen) atoms. The van der Waals surface area contributed by atoms with Gasteiger partial charge in [0.15, 0.2) is 0 Å². The Labute approximate surface area is 57.6 Å². The van der Waals surface area contributed by atoms with Crippen LogP contribution in [0.1, 0.15) is 0 Å². The Kier molecular flexibility index (Phi) is 24.4. The predicted octanol–water partition coefficient (Wildman–Crippen LogP) is -2.78. The number of rotatable bonds is 0. The van der Waals surface area contributed by atoms with E-state index in [9.17, 15) is 0 Å². The summed E-state index contributed by atoms with van der Waals surface area (Å²) in [6.45, 7) is 0. The van der Waals surface area contributed by atoms with Gasteiger partial charge in [-0.1, -0.05) is 0 Å². The first-order valence-corrected chi connectivity index (χ1v) is 0.548. The standard InChI is InChI=1S/CH3.NO3.Na/c;2-1(3)4;/h1H3;;/q2*-1;+1. The summed E-state index contributed by atoms with van der Waals surface area (Å²) >= 11 is 0. The van der Waals surface area contributed by atoms with Gasteiger partial charge in [0.25, 0.3) is 0 Å². The molecule has 0 aliphatic rings. The Morgan fingerprint density at radius 1 is 1.33 bits per heavy atom. The normalized spacial score (nSPS) is 4.00. The zero-order chi connectivity index (χ0) is 3.58. The predicted molar refractivity (Wildman–Crippen MR) is 16.8 cm³/mol. The first kappa shape index (κ1) is 16.4. The Morgan fingerprint density at radius 2 is 1.33 bits per heavy atom. The molecule has 0 radical (unpaired) electrons. The molecule has 0 fully saturated rings. The fourth-order valence-corrected chi connectivity index (χ4v) is 0. The zero-order valence-electron chi connectivity index (χ0n) is 3.67. The van der Waals surface area contributed by atoms with Gasteiger partial charge in [-0.05, 0) is 0 Å². The van der Waals surface area contributed by atoms with Crippen LogP contribution in [0.4, 0.5) is 0 Å². The molecule has 0 rings (SSSR count). The van der Waals surface area contributed by atoms with E-state index in [2.05, 4.69) is 0 Å². The van der Waals surface area contributed by atoms with Gasteiger partial charge < -0.3 is 22.7 Å². The third-order valence-corrected chi connectivity index (χ3v) is 0. The summed E-state index contributed by atoms with van der Waals surface area (Å²) in [5.41, 5.74) is 0. The van der Waals surface area contributed by atoms with E-state index < -0.39 is 5.09 Å². The van der Waals surface area contributed by atoms with Crippen LogP contribution in [0.3, 0.4) is 0 Å². The fraction of sp³-hybridized carbons (Fsp3) is 0. The molecule has 5 heteroatoms. The monoisotopic (exact) mass is 100 g/mol. The molecular formula is CH3NNaO3-. The van der Waals surface area contributed by atoms with Crippen LogP contribution in [0.2, 0.25) is 0 Å². The van der Waals surface area contributed by atoms with Crippen LogP contribution >= 0.6 is 0 Å². The van der Waals surface area contributed by atoms with Crippen molar-refractivity contribution >= 4 is 0 Å². The van der Waals surface area contributed by atoms with E-state index in [-0.39, 0.29) is 37.0 Å². The van der Waals surface area contributed by atoms with Crippen molar-refractivity contribution in [2.24, 2.45) is 0 Å². The van der Waals surface area contributed by atoms with Crippen molar-refractivity contribution in [1.29, 1.82) is 0 Å². The smallest absolute Gasteiger partial charge is 0.358 e. The summed E-state index contributed by atoms with van der Waals surface area (Å²) in [7, 11) is 0. The van der Waals surface area contributed by atoms with Crippen LogP contribution in [0.25, 0.3) is 0 Å². The van der Waals surface area contributed by atoms with E-state index >= 15 is 0 Å². The maximum atomic E-state index is 8.25. The fourth-order valence-electron chi connectivity index (χ4n) is 0. The molecule has 0 aromatic heterocycles. The molecule has 0 saturated heterocycles. The number of hydrogen-bond donors (Lipinski definition) is 0. The number of hydrogen-bond acceptors (Lipinski definition) is 3. The molecule has 0 bridgehead atoms.